The second-order valence-electron chi connectivity index (χ2n) is 6.74. The van der Waals surface area contributed by atoms with Crippen LogP contribution in [0.2, 0.25) is 0 Å². The van der Waals surface area contributed by atoms with Gasteiger partial charge in [-0.25, -0.2) is 8.78 Å². The van der Waals surface area contributed by atoms with Crippen molar-refractivity contribution in [1.82, 2.24) is 5.32 Å². The summed E-state index contributed by atoms with van der Waals surface area (Å²) < 4.78 is 28.4. The predicted molar refractivity (Wildman–Crippen MR) is 83.1 cm³/mol. The van der Waals surface area contributed by atoms with Crippen LogP contribution in [-0.2, 0) is 0 Å². The molecule has 1 N–H and O–H groups in total. The van der Waals surface area contributed by atoms with Crippen LogP contribution in [0.3, 0.4) is 0 Å². The van der Waals surface area contributed by atoms with Crippen molar-refractivity contribution in [1.29, 1.82) is 0 Å². The van der Waals surface area contributed by atoms with E-state index >= 15 is 0 Å². The summed E-state index contributed by atoms with van der Waals surface area (Å²) in [7, 11) is 0. The molecular weight excluding hydrogens is 268 g/mol. The van der Waals surface area contributed by atoms with E-state index in [-0.39, 0.29) is 11.6 Å². The van der Waals surface area contributed by atoms with Crippen LogP contribution in [0.4, 0.5) is 8.78 Å². The van der Waals surface area contributed by atoms with E-state index < -0.39 is 11.6 Å². The van der Waals surface area contributed by atoms with Crippen LogP contribution in [0, 0.1) is 29.4 Å². The molecule has 0 aromatic heterocycles. The Labute approximate surface area is 127 Å². The van der Waals surface area contributed by atoms with Gasteiger partial charge in [-0.2, -0.15) is 0 Å². The Bertz CT molecular complexity index is 430. The van der Waals surface area contributed by atoms with Gasteiger partial charge >= 0.3 is 0 Å². The largest absolute Gasteiger partial charge is 0.310 e. The molecule has 0 bridgehead atoms. The monoisotopic (exact) mass is 295 g/mol. The summed E-state index contributed by atoms with van der Waals surface area (Å²) in [6.07, 6.45) is 4.26. The third-order valence-electron chi connectivity index (χ3n) is 4.61. The average Bonchev–Trinajstić information content (AvgIpc) is 2.41. The average molecular weight is 295 g/mol. The van der Waals surface area contributed by atoms with Gasteiger partial charge in [-0.1, -0.05) is 26.8 Å². The van der Waals surface area contributed by atoms with Crippen LogP contribution in [0.1, 0.15) is 58.1 Å². The zero-order valence-electron chi connectivity index (χ0n) is 13.3. The lowest BCUT2D eigenvalue weighted by Gasteiger charge is -2.37. The van der Waals surface area contributed by atoms with Gasteiger partial charge in [0.2, 0.25) is 0 Å². The molecule has 21 heavy (non-hydrogen) atoms. The first-order valence-electron chi connectivity index (χ1n) is 8.20. The molecule has 1 fully saturated rings. The summed E-state index contributed by atoms with van der Waals surface area (Å²) in [6.45, 7) is 7.36. The number of nitrogens with one attached hydrogen (secondary N) is 1. The van der Waals surface area contributed by atoms with Crippen molar-refractivity contribution >= 4 is 0 Å². The minimum Gasteiger partial charge on any atom is -0.310 e. The highest BCUT2D eigenvalue weighted by molar-refractivity contribution is 5.24. The molecule has 118 valence electrons. The molecule has 1 aromatic carbocycles. The van der Waals surface area contributed by atoms with Crippen LogP contribution < -0.4 is 5.32 Å². The second-order valence-corrected chi connectivity index (χ2v) is 6.74. The van der Waals surface area contributed by atoms with Gasteiger partial charge in [0, 0.05) is 11.6 Å². The zero-order valence-corrected chi connectivity index (χ0v) is 13.3. The molecule has 0 saturated heterocycles. The molecule has 0 aliphatic heterocycles. The van der Waals surface area contributed by atoms with Gasteiger partial charge in [-0.15, -0.1) is 0 Å². The third-order valence-corrected chi connectivity index (χ3v) is 4.61. The standard InChI is InChI=1S/C18H27F2N/c1-4-8-21-18(14-10-12(2)9-13(3)11-14)17-15(19)6-5-7-16(17)20/h5-7,12-14,18,21H,4,8-11H2,1-3H3. The third kappa shape index (κ3) is 4.03. The van der Waals surface area contributed by atoms with Crippen molar-refractivity contribution in [3.05, 3.63) is 35.4 Å². The highest BCUT2D eigenvalue weighted by Crippen LogP contribution is 2.41. The lowest BCUT2D eigenvalue weighted by Crippen LogP contribution is -2.35. The van der Waals surface area contributed by atoms with Crippen molar-refractivity contribution in [2.75, 3.05) is 6.54 Å². The Morgan fingerprint density at radius 2 is 1.67 bits per heavy atom. The van der Waals surface area contributed by atoms with Gasteiger partial charge in [0.05, 0.1) is 0 Å². The van der Waals surface area contributed by atoms with Crippen molar-refractivity contribution in [2.24, 2.45) is 17.8 Å². The van der Waals surface area contributed by atoms with E-state index in [1.807, 2.05) is 0 Å². The maximum absolute atomic E-state index is 14.2. The van der Waals surface area contributed by atoms with E-state index in [2.05, 4.69) is 26.1 Å². The van der Waals surface area contributed by atoms with Gasteiger partial charge in [0.15, 0.2) is 0 Å². The molecule has 1 saturated carbocycles. The van der Waals surface area contributed by atoms with E-state index in [0.717, 1.165) is 25.8 Å². The molecule has 3 unspecified atom stereocenters. The van der Waals surface area contributed by atoms with E-state index in [4.69, 9.17) is 0 Å². The minimum absolute atomic E-state index is 0.212. The van der Waals surface area contributed by atoms with E-state index in [1.165, 1.54) is 24.6 Å². The number of benzene rings is 1. The highest BCUT2D eigenvalue weighted by atomic mass is 19.1. The van der Waals surface area contributed by atoms with Crippen LogP contribution in [-0.4, -0.2) is 6.54 Å². The Hall–Kier alpha value is -0.960. The van der Waals surface area contributed by atoms with Gasteiger partial charge in [0.1, 0.15) is 11.6 Å². The predicted octanol–water partition coefficient (Wildman–Crippen LogP) is 5.08. The van der Waals surface area contributed by atoms with Gasteiger partial charge in [0.25, 0.3) is 0 Å². The number of hydrogen-bond acceptors (Lipinski definition) is 1. The fourth-order valence-corrected chi connectivity index (χ4v) is 3.89. The lowest BCUT2D eigenvalue weighted by molar-refractivity contribution is 0.172. The van der Waals surface area contributed by atoms with Crippen LogP contribution in [0.5, 0.6) is 0 Å². The van der Waals surface area contributed by atoms with Crippen molar-refractivity contribution in [3.63, 3.8) is 0 Å². The SMILES string of the molecule is CCCNC(c1c(F)cccc1F)C1CC(C)CC(C)C1. The molecular formula is C18H27F2N. The molecule has 3 atom stereocenters. The molecule has 0 spiro atoms. The van der Waals surface area contributed by atoms with E-state index in [0.29, 0.717) is 17.8 Å². The van der Waals surface area contributed by atoms with Crippen LogP contribution in [0.15, 0.2) is 18.2 Å². The van der Waals surface area contributed by atoms with Gasteiger partial charge < -0.3 is 5.32 Å². The summed E-state index contributed by atoms with van der Waals surface area (Å²) in [5.74, 6) is 0.713. The quantitative estimate of drug-likeness (QED) is 0.799. The minimum atomic E-state index is -0.422. The first-order chi connectivity index (χ1) is 10.0. The molecule has 0 amide bonds. The summed E-state index contributed by atoms with van der Waals surface area (Å²) in [6, 6.07) is 3.97. The Morgan fingerprint density at radius 1 is 1.10 bits per heavy atom. The maximum Gasteiger partial charge on any atom is 0.130 e. The normalized spacial score (nSPS) is 27.6. The van der Waals surface area contributed by atoms with Crippen molar-refractivity contribution in [3.8, 4) is 0 Å². The Morgan fingerprint density at radius 3 is 2.19 bits per heavy atom. The Kier molecular flexibility index (Phi) is 5.74. The van der Waals surface area contributed by atoms with Crippen LogP contribution >= 0.6 is 0 Å². The zero-order chi connectivity index (χ0) is 15.4. The maximum atomic E-state index is 14.2. The smallest absolute Gasteiger partial charge is 0.130 e. The molecule has 3 heteroatoms. The Balaban J connectivity index is 2.29. The number of hydrogen-bond donors (Lipinski definition) is 1. The highest BCUT2D eigenvalue weighted by Gasteiger charge is 2.33. The van der Waals surface area contributed by atoms with Gasteiger partial charge in [-0.3, -0.25) is 0 Å². The molecule has 1 aromatic rings. The van der Waals surface area contributed by atoms with Crippen molar-refractivity contribution < 1.29 is 8.78 Å². The summed E-state index contributed by atoms with van der Waals surface area (Å²) >= 11 is 0. The van der Waals surface area contributed by atoms with Crippen molar-refractivity contribution in [2.45, 2.75) is 52.5 Å². The lowest BCUT2D eigenvalue weighted by atomic mass is 9.72. The molecule has 1 aliphatic rings. The van der Waals surface area contributed by atoms with E-state index in [9.17, 15) is 8.78 Å². The first-order valence-corrected chi connectivity index (χ1v) is 8.20. The van der Waals surface area contributed by atoms with Crippen LogP contribution in [0.25, 0.3) is 0 Å². The fraction of sp³-hybridized carbons (Fsp3) is 0.667. The van der Waals surface area contributed by atoms with Gasteiger partial charge in [-0.05, 0) is 62.1 Å². The fourth-order valence-electron chi connectivity index (χ4n) is 3.89. The van der Waals surface area contributed by atoms with E-state index in [1.54, 1.807) is 0 Å². The second kappa shape index (κ2) is 7.35. The molecule has 0 heterocycles. The molecule has 0 radical (unpaired) electrons. The summed E-state index contributed by atoms with van der Waals surface area (Å²) in [4.78, 5) is 0. The summed E-state index contributed by atoms with van der Waals surface area (Å²) in [5.41, 5.74) is 0.234. The molecule has 1 nitrogen and oxygen atoms in total. The summed E-state index contributed by atoms with van der Waals surface area (Å²) in [5, 5.41) is 3.40. The number of rotatable bonds is 5. The first kappa shape index (κ1) is 16.4. The topological polar surface area (TPSA) is 12.0 Å². The molecule has 1 aliphatic carbocycles. The molecule has 2 rings (SSSR count). The number of halogens is 2.